The van der Waals surface area contributed by atoms with Crippen molar-refractivity contribution in [3.8, 4) is 0 Å². The normalized spacial score (nSPS) is 16.5. The summed E-state index contributed by atoms with van der Waals surface area (Å²) in [5, 5.41) is 1.28. The van der Waals surface area contributed by atoms with E-state index in [1.54, 1.807) is 13.0 Å². The molecule has 0 bridgehead atoms. The second-order valence-electron chi connectivity index (χ2n) is 10.3. The Hall–Kier alpha value is -2.51. The molecule has 0 spiro atoms. The molecule has 0 unspecified atom stereocenters. The summed E-state index contributed by atoms with van der Waals surface area (Å²) < 4.78 is 29.2. The maximum Gasteiger partial charge on any atom is 0.257 e. The second kappa shape index (κ2) is 10.5. The van der Waals surface area contributed by atoms with Crippen LogP contribution in [0, 0.1) is 19.8 Å². The summed E-state index contributed by atoms with van der Waals surface area (Å²) in [5.41, 5.74) is 3.43. The molecule has 194 valence electrons. The van der Waals surface area contributed by atoms with Gasteiger partial charge in [0.1, 0.15) is 0 Å². The van der Waals surface area contributed by atoms with E-state index in [1.807, 2.05) is 36.1 Å². The highest BCUT2D eigenvalue weighted by molar-refractivity contribution is 6.31. The van der Waals surface area contributed by atoms with Crippen LogP contribution in [-0.4, -0.2) is 45.8 Å². The summed E-state index contributed by atoms with van der Waals surface area (Å²) in [6, 6.07) is 9.72. The maximum atomic E-state index is 13.5. The van der Waals surface area contributed by atoms with Gasteiger partial charge in [0.25, 0.3) is 11.5 Å². The Labute approximate surface area is 215 Å². The van der Waals surface area contributed by atoms with Crippen LogP contribution < -0.4 is 5.56 Å². The zero-order valence-electron chi connectivity index (χ0n) is 21.3. The lowest BCUT2D eigenvalue weighted by Gasteiger charge is -2.37. The van der Waals surface area contributed by atoms with Crippen molar-refractivity contribution in [2.24, 2.45) is 5.92 Å². The van der Waals surface area contributed by atoms with Gasteiger partial charge in [0.2, 0.25) is 0 Å². The second-order valence-corrected chi connectivity index (χ2v) is 10.7. The third kappa shape index (κ3) is 5.57. The molecule has 5 nitrogen and oxygen atoms in total. The first-order valence-electron chi connectivity index (χ1n) is 12.6. The highest BCUT2D eigenvalue weighted by atomic mass is 35.5. The van der Waals surface area contributed by atoms with Crippen molar-refractivity contribution in [3.63, 3.8) is 0 Å². The standard InChI is InChI=1S/C28H34ClF2N3O2/c1-17-15-23(29)21(27(36)32-17)9-10-25(35)26-19(3)34(24-8-6-5-7-22(24)26)18(2)20-11-13-33(14-12-20)16-28(4,30)31/h5-8,15,18,20H,9-14,16H2,1-4H3,(H,32,36)/t18-/m1/s1. The van der Waals surface area contributed by atoms with Gasteiger partial charge in [-0.05, 0) is 71.2 Å². The molecule has 1 atom stereocenters. The zero-order valence-corrected chi connectivity index (χ0v) is 22.1. The van der Waals surface area contributed by atoms with Crippen LogP contribution in [0.25, 0.3) is 10.9 Å². The van der Waals surface area contributed by atoms with Crippen LogP contribution in [0.1, 0.15) is 66.5 Å². The molecule has 1 saturated heterocycles. The number of aromatic nitrogens is 2. The number of carbonyl (C=O) groups is 1. The van der Waals surface area contributed by atoms with Gasteiger partial charge in [-0.1, -0.05) is 29.8 Å². The zero-order chi connectivity index (χ0) is 26.2. The van der Waals surface area contributed by atoms with E-state index in [0.29, 0.717) is 40.9 Å². The maximum absolute atomic E-state index is 13.5. The Kier molecular flexibility index (Phi) is 7.72. The number of nitrogens with one attached hydrogen (secondary N) is 1. The van der Waals surface area contributed by atoms with Gasteiger partial charge in [-0.2, -0.15) is 0 Å². The van der Waals surface area contributed by atoms with Gasteiger partial charge >= 0.3 is 0 Å². The fourth-order valence-electron chi connectivity index (χ4n) is 5.74. The SMILES string of the molecule is Cc1cc(Cl)c(CCC(=O)c2c(C)n([C@H](C)C3CCN(CC(C)(F)F)CC3)c3ccccc23)c(=O)[nH]1. The number of halogens is 3. The number of rotatable bonds is 8. The molecule has 0 aliphatic carbocycles. The van der Waals surface area contributed by atoms with Crippen molar-refractivity contribution in [3.05, 3.63) is 68.2 Å². The number of nitrogens with zero attached hydrogens (tertiary/aromatic N) is 2. The smallest absolute Gasteiger partial charge is 0.257 e. The van der Waals surface area contributed by atoms with Gasteiger partial charge in [0.15, 0.2) is 5.78 Å². The Morgan fingerprint density at radius 2 is 1.89 bits per heavy atom. The molecule has 1 aliphatic heterocycles. The molecule has 3 aromatic rings. The molecule has 36 heavy (non-hydrogen) atoms. The topological polar surface area (TPSA) is 58.1 Å². The van der Waals surface area contributed by atoms with Crippen molar-refractivity contribution < 1.29 is 13.6 Å². The largest absolute Gasteiger partial charge is 0.341 e. The average molecular weight is 518 g/mol. The van der Waals surface area contributed by atoms with E-state index in [1.165, 1.54) is 0 Å². The van der Waals surface area contributed by atoms with Crippen molar-refractivity contribution in [2.45, 2.75) is 65.3 Å². The van der Waals surface area contributed by atoms with Crippen LogP contribution in [0.4, 0.5) is 8.78 Å². The minimum Gasteiger partial charge on any atom is -0.341 e. The van der Waals surface area contributed by atoms with Crippen molar-refractivity contribution >= 4 is 28.3 Å². The van der Waals surface area contributed by atoms with Gasteiger partial charge in [0, 0.05) is 52.8 Å². The highest BCUT2D eigenvalue weighted by Gasteiger charge is 2.32. The lowest BCUT2D eigenvalue weighted by Crippen LogP contribution is -2.41. The Bertz CT molecular complexity index is 1320. The summed E-state index contributed by atoms with van der Waals surface area (Å²) in [6.07, 6.45) is 2.11. The number of aryl methyl sites for hydroxylation is 1. The molecule has 0 saturated carbocycles. The molecule has 8 heteroatoms. The Morgan fingerprint density at radius 3 is 2.53 bits per heavy atom. The van der Waals surface area contributed by atoms with Crippen molar-refractivity contribution in [2.75, 3.05) is 19.6 Å². The molecule has 4 rings (SSSR count). The molecule has 2 aromatic heterocycles. The Balaban J connectivity index is 1.57. The van der Waals surface area contributed by atoms with Crippen molar-refractivity contribution in [1.82, 2.24) is 14.5 Å². The van der Waals surface area contributed by atoms with Crippen LogP contribution in [0.2, 0.25) is 5.02 Å². The number of pyridine rings is 1. The fourth-order valence-corrected chi connectivity index (χ4v) is 6.08. The molecular weight excluding hydrogens is 484 g/mol. The van der Waals surface area contributed by atoms with Gasteiger partial charge in [-0.3, -0.25) is 14.5 Å². The van der Waals surface area contributed by atoms with Gasteiger partial charge < -0.3 is 9.55 Å². The number of ketones is 1. The summed E-state index contributed by atoms with van der Waals surface area (Å²) in [7, 11) is 0. The molecule has 0 radical (unpaired) electrons. The van der Waals surface area contributed by atoms with Crippen LogP contribution >= 0.6 is 11.6 Å². The number of fused-ring (bicyclic) bond motifs is 1. The van der Waals surface area contributed by atoms with E-state index in [4.69, 9.17) is 11.6 Å². The third-order valence-corrected chi connectivity index (χ3v) is 7.81. The number of likely N-dealkylation sites (tertiary alicyclic amines) is 1. The van der Waals surface area contributed by atoms with Crippen molar-refractivity contribution in [1.29, 1.82) is 0 Å². The van der Waals surface area contributed by atoms with Crippen LogP contribution in [0.5, 0.6) is 0 Å². The van der Waals surface area contributed by atoms with Gasteiger partial charge in [0.05, 0.1) is 11.6 Å². The summed E-state index contributed by atoms with van der Waals surface area (Å²) in [5.74, 6) is -2.38. The lowest BCUT2D eigenvalue weighted by atomic mass is 9.89. The van der Waals surface area contributed by atoms with E-state index < -0.39 is 5.92 Å². The molecule has 1 aromatic carbocycles. The summed E-state index contributed by atoms with van der Waals surface area (Å²) in [4.78, 5) is 30.4. The minimum absolute atomic E-state index is 0.0225. The number of carbonyl (C=O) groups excluding carboxylic acids is 1. The summed E-state index contributed by atoms with van der Waals surface area (Å²) in [6.45, 7) is 7.97. The first-order valence-corrected chi connectivity index (χ1v) is 12.9. The quantitative estimate of drug-likeness (QED) is 0.354. The molecule has 1 aliphatic rings. The predicted molar refractivity (Wildman–Crippen MR) is 141 cm³/mol. The highest BCUT2D eigenvalue weighted by Crippen LogP contribution is 2.36. The van der Waals surface area contributed by atoms with E-state index in [0.717, 1.165) is 36.4 Å². The number of piperidine rings is 1. The molecular formula is C28H34ClF2N3O2. The number of alkyl halides is 2. The number of H-pyrrole nitrogens is 1. The fraction of sp³-hybridized carbons (Fsp3) is 0.500. The van der Waals surface area contributed by atoms with E-state index >= 15 is 0 Å². The van der Waals surface area contributed by atoms with E-state index in [2.05, 4.69) is 16.5 Å². The van der Waals surface area contributed by atoms with Gasteiger partial charge in [-0.25, -0.2) is 8.78 Å². The number of Topliss-reactive ketones (excluding diaryl/α,β-unsaturated/α-hetero) is 1. The van der Waals surface area contributed by atoms with Crippen LogP contribution in [0.15, 0.2) is 35.1 Å². The number of benzene rings is 1. The first kappa shape index (κ1) is 26.6. The molecule has 3 heterocycles. The van der Waals surface area contributed by atoms with Gasteiger partial charge in [-0.15, -0.1) is 0 Å². The minimum atomic E-state index is -2.69. The predicted octanol–water partition coefficient (Wildman–Crippen LogP) is 6.34. The number of hydrogen-bond acceptors (Lipinski definition) is 3. The van der Waals surface area contributed by atoms with E-state index in [9.17, 15) is 18.4 Å². The number of aromatic amines is 1. The van der Waals surface area contributed by atoms with Crippen LogP contribution in [0.3, 0.4) is 0 Å². The average Bonchev–Trinajstić information content (AvgIpc) is 3.09. The molecule has 0 amide bonds. The first-order chi connectivity index (χ1) is 17.0. The Morgan fingerprint density at radius 1 is 1.22 bits per heavy atom. The van der Waals surface area contributed by atoms with E-state index in [-0.39, 0.29) is 36.8 Å². The molecule has 1 fully saturated rings. The van der Waals surface area contributed by atoms with Crippen LogP contribution in [-0.2, 0) is 6.42 Å². The number of para-hydroxylation sites is 1. The lowest BCUT2D eigenvalue weighted by molar-refractivity contribution is -0.0239. The monoisotopic (exact) mass is 517 g/mol. The molecule has 1 N–H and O–H groups in total. The third-order valence-electron chi connectivity index (χ3n) is 7.48. The summed E-state index contributed by atoms with van der Waals surface area (Å²) >= 11 is 6.29. The number of hydrogen-bond donors (Lipinski definition) is 1.